The lowest BCUT2D eigenvalue weighted by Crippen LogP contribution is -2.40. The summed E-state index contributed by atoms with van der Waals surface area (Å²) in [4.78, 5) is 21.3. The van der Waals surface area contributed by atoms with E-state index in [9.17, 15) is 17.6 Å². The zero-order valence-corrected chi connectivity index (χ0v) is 18.7. The first-order valence-corrected chi connectivity index (χ1v) is 11.7. The molecule has 0 aliphatic carbocycles. The number of carbonyl (C=O) groups excluding carboxylic acids is 1. The fourth-order valence-corrected chi connectivity index (χ4v) is 3.49. The number of hydroxylamine groups is 2. The number of hydrogen-bond acceptors (Lipinski definition) is 9. The van der Waals surface area contributed by atoms with Crippen LogP contribution in [0.5, 0.6) is 0 Å². The van der Waals surface area contributed by atoms with Crippen molar-refractivity contribution in [3.63, 3.8) is 0 Å². The number of nitrogens with zero attached hydrogens (tertiary/aromatic N) is 3. The molecule has 170 valence electrons. The normalized spacial score (nSPS) is 16.4. The molecule has 11 heteroatoms. The SMILES string of the molecule is CC(C)(C)C(=O)ON1CCC(OCc2noc(-c3ccc(S(C)(=O)=O)cc3F)n2)CC1. The third kappa shape index (κ3) is 6.08. The van der Waals surface area contributed by atoms with Gasteiger partial charge < -0.3 is 14.1 Å². The average Bonchev–Trinajstić information content (AvgIpc) is 3.14. The maximum atomic E-state index is 14.3. The number of halogens is 1. The van der Waals surface area contributed by atoms with Crippen molar-refractivity contribution in [2.75, 3.05) is 19.3 Å². The lowest BCUT2D eigenvalue weighted by molar-refractivity contribution is -0.209. The van der Waals surface area contributed by atoms with Gasteiger partial charge in [-0.15, -0.1) is 5.06 Å². The van der Waals surface area contributed by atoms with Crippen molar-refractivity contribution in [1.82, 2.24) is 15.2 Å². The van der Waals surface area contributed by atoms with Crippen LogP contribution in [0.3, 0.4) is 0 Å². The molecule has 0 unspecified atom stereocenters. The molecule has 1 aromatic carbocycles. The minimum Gasteiger partial charge on any atom is -0.370 e. The minimum absolute atomic E-state index is 0.0140. The van der Waals surface area contributed by atoms with Crippen LogP contribution >= 0.6 is 0 Å². The monoisotopic (exact) mass is 455 g/mol. The molecule has 0 spiro atoms. The fraction of sp³-hybridized carbons (Fsp3) is 0.550. The van der Waals surface area contributed by atoms with Gasteiger partial charge in [-0.2, -0.15) is 4.98 Å². The van der Waals surface area contributed by atoms with Gasteiger partial charge in [-0.1, -0.05) is 5.16 Å². The van der Waals surface area contributed by atoms with Crippen molar-refractivity contribution in [2.24, 2.45) is 5.41 Å². The van der Waals surface area contributed by atoms with Crippen LogP contribution in [-0.2, 0) is 30.8 Å². The summed E-state index contributed by atoms with van der Waals surface area (Å²) in [6.45, 7) is 6.60. The van der Waals surface area contributed by atoms with E-state index in [-0.39, 0.29) is 40.9 Å². The molecule has 0 saturated carbocycles. The average molecular weight is 456 g/mol. The Hall–Kier alpha value is -2.37. The minimum atomic E-state index is -3.52. The zero-order chi connectivity index (χ0) is 22.8. The van der Waals surface area contributed by atoms with E-state index in [1.54, 1.807) is 25.8 Å². The standard InChI is InChI=1S/C20H26FN3O6S/c1-20(2,3)19(25)30-24-9-7-13(8-10-24)28-12-17-22-18(29-23-17)15-6-5-14(11-16(15)21)31(4,26)27/h5-6,11,13H,7-10,12H2,1-4H3. The number of aromatic nitrogens is 2. The molecular formula is C20H26FN3O6S. The maximum absolute atomic E-state index is 14.3. The molecule has 2 aromatic rings. The number of carbonyl (C=O) groups is 1. The summed E-state index contributed by atoms with van der Waals surface area (Å²) in [7, 11) is -3.52. The second-order valence-corrected chi connectivity index (χ2v) is 10.5. The van der Waals surface area contributed by atoms with E-state index in [2.05, 4.69) is 10.1 Å². The van der Waals surface area contributed by atoms with Gasteiger partial charge in [0.2, 0.25) is 0 Å². The van der Waals surface area contributed by atoms with E-state index in [1.807, 2.05) is 0 Å². The van der Waals surface area contributed by atoms with E-state index in [0.717, 1.165) is 12.3 Å². The van der Waals surface area contributed by atoms with E-state index >= 15 is 0 Å². The van der Waals surface area contributed by atoms with Crippen LogP contribution < -0.4 is 0 Å². The van der Waals surface area contributed by atoms with Gasteiger partial charge in [0.05, 0.1) is 22.0 Å². The molecule has 0 N–H and O–H groups in total. The van der Waals surface area contributed by atoms with E-state index in [4.69, 9.17) is 14.1 Å². The van der Waals surface area contributed by atoms with E-state index in [0.29, 0.717) is 25.9 Å². The van der Waals surface area contributed by atoms with Gasteiger partial charge in [0.15, 0.2) is 15.7 Å². The Labute approximate surface area is 180 Å². The van der Waals surface area contributed by atoms with Crippen molar-refractivity contribution in [2.45, 2.75) is 51.2 Å². The Balaban J connectivity index is 1.52. The smallest absolute Gasteiger partial charge is 0.330 e. The van der Waals surface area contributed by atoms with Crippen LogP contribution in [0.25, 0.3) is 11.5 Å². The topological polar surface area (TPSA) is 112 Å². The van der Waals surface area contributed by atoms with Crippen molar-refractivity contribution < 1.29 is 31.7 Å². The highest BCUT2D eigenvalue weighted by molar-refractivity contribution is 7.90. The molecule has 31 heavy (non-hydrogen) atoms. The Morgan fingerprint density at radius 1 is 1.29 bits per heavy atom. The number of rotatable bonds is 6. The summed E-state index contributed by atoms with van der Waals surface area (Å²) in [5.74, 6) is -0.845. The van der Waals surface area contributed by atoms with Crippen LogP contribution in [0.2, 0.25) is 0 Å². The van der Waals surface area contributed by atoms with Crippen LogP contribution in [-0.4, -0.2) is 55.0 Å². The van der Waals surface area contributed by atoms with Gasteiger partial charge >= 0.3 is 5.97 Å². The molecule has 2 heterocycles. The number of benzene rings is 1. The van der Waals surface area contributed by atoms with Crippen LogP contribution in [0.4, 0.5) is 4.39 Å². The lowest BCUT2D eigenvalue weighted by Gasteiger charge is -2.31. The Morgan fingerprint density at radius 3 is 2.55 bits per heavy atom. The van der Waals surface area contributed by atoms with E-state index in [1.165, 1.54) is 12.1 Å². The molecule has 0 amide bonds. The first-order chi connectivity index (χ1) is 14.4. The number of piperidine rings is 1. The third-order valence-corrected chi connectivity index (χ3v) is 5.85. The predicted molar refractivity (Wildman–Crippen MR) is 108 cm³/mol. The summed E-state index contributed by atoms with van der Waals surface area (Å²) in [5, 5.41) is 5.44. The summed E-state index contributed by atoms with van der Waals surface area (Å²) in [5.41, 5.74) is -0.547. The molecule has 0 bridgehead atoms. The zero-order valence-electron chi connectivity index (χ0n) is 17.9. The molecule has 0 atom stereocenters. The van der Waals surface area contributed by atoms with Crippen molar-refractivity contribution in [3.8, 4) is 11.5 Å². The van der Waals surface area contributed by atoms with Gasteiger partial charge in [0.25, 0.3) is 5.89 Å². The quantitative estimate of drug-likeness (QED) is 0.649. The van der Waals surface area contributed by atoms with Gasteiger partial charge in [-0.25, -0.2) is 17.6 Å². The lowest BCUT2D eigenvalue weighted by atomic mass is 9.98. The van der Waals surface area contributed by atoms with E-state index < -0.39 is 21.1 Å². The molecule has 1 aliphatic heterocycles. The van der Waals surface area contributed by atoms with Gasteiger partial charge in [0, 0.05) is 19.3 Å². The van der Waals surface area contributed by atoms with Gasteiger partial charge in [0.1, 0.15) is 12.4 Å². The third-order valence-electron chi connectivity index (χ3n) is 4.74. The number of ether oxygens (including phenoxy) is 1. The molecule has 1 aromatic heterocycles. The molecular weight excluding hydrogens is 429 g/mol. The second-order valence-electron chi connectivity index (χ2n) is 8.50. The molecule has 0 radical (unpaired) electrons. The Morgan fingerprint density at radius 2 is 1.97 bits per heavy atom. The first kappa shape index (κ1) is 23.3. The first-order valence-electron chi connectivity index (χ1n) is 9.85. The molecule has 9 nitrogen and oxygen atoms in total. The summed E-state index contributed by atoms with van der Waals surface area (Å²) in [6.07, 6.45) is 2.29. The van der Waals surface area contributed by atoms with Crippen molar-refractivity contribution >= 4 is 15.8 Å². The summed E-state index contributed by atoms with van der Waals surface area (Å²) in [6, 6.07) is 3.50. The van der Waals surface area contributed by atoms with Crippen LogP contribution in [0, 0.1) is 11.2 Å². The highest BCUT2D eigenvalue weighted by Gasteiger charge is 2.29. The highest BCUT2D eigenvalue weighted by atomic mass is 32.2. The predicted octanol–water partition coefficient (Wildman–Crippen LogP) is 2.76. The summed E-state index contributed by atoms with van der Waals surface area (Å²) < 4.78 is 48.2. The summed E-state index contributed by atoms with van der Waals surface area (Å²) >= 11 is 0. The molecule has 1 aliphatic rings. The Kier molecular flexibility index (Phi) is 6.77. The van der Waals surface area contributed by atoms with Crippen molar-refractivity contribution in [1.29, 1.82) is 0 Å². The van der Waals surface area contributed by atoms with Gasteiger partial charge in [-0.3, -0.25) is 0 Å². The maximum Gasteiger partial charge on any atom is 0.330 e. The largest absolute Gasteiger partial charge is 0.370 e. The van der Waals surface area contributed by atoms with Crippen LogP contribution in [0.1, 0.15) is 39.4 Å². The molecule has 3 rings (SSSR count). The number of hydrogen-bond donors (Lipinski definition) is 0. The van der Waals surface area contributed by atoms with Crippen LogP contribution in [0.15, 0.2) is 27.6 Å². The fourth-order valence-electron chi connectivity index (χ4n) is 2.86. The highest BCUT2D eigenvalue weighted by Crippen LogP contribution is 2.25. The molecule has 1 fully saturated rings. The number of sulfone groups is 1. The Bertz CT molecular complexity index is 1040. The van der Waals surface area contributed by atoms with Crippen molar-refractivity contribution in [3.05, 3.63) is 29.8 Å². The van der Waals surface area contributed by atoms with Gasteiger partial charge in [-0.05, 0) is 51.8 Å². The second kappa shape index (κ2) is 9.01. The molecule has 1 saturated heterocycles.